The summed E-state index contributed by atoms with van der Waals surface area (Å²) in [7, 11) is 0. The van der Waals surface area contributed by atoms with Crippen molar-refractivity contribution >= 4 is 39.7 Å². The molecular formula is C23H16N6OS2. The fourth-order valence-electron chi connectivity index (χ4n) is 3.27. The highest BCUT2D eigenvalue weighted by Crippen LogP contribution is 2.31. The molecule has 0 fully saturated rings. The predicted molar refractivity (Wildman–Crippen MR) is 127 cm³/mol. The Bertz CT molecular complexity index is 1410. The number of nitrogens with one attached hydrogen (secondary N) is 1. The first-order valence-corrected chi connectivity index (χ1v) is 11.6. The van der Waals surface area contributed by atoms with Gasteiger partial charge in [-0.3, -0.25) is 4.57 Å². The van der Waals surface area contributed by atoms with Gasteiger partial charge in [0.05, 0.1) is 21.7 Å². The number of H-pyrrole nitrogens is 1. The average Bonchev–Trinajstić information content (AvgIpc) is 3.57. The second kappa shape index (κ2) is 8.70. The Morgan fingerprint density at radius 2 is 1.88 bits per heavy atom. The van der Waals surface area contributed by atoms with E-state index in [-0.39, 0.29) is 17.1 Å². The van der Waals surface area contributed by atoms with Gasteiger partial charge < -0.3 is 10.1 Å². The Morgan fingerprint density at radius 1 is 1.06 bits per heavy atom. The number of aromatic nitrogens is 5. The van der Waals surface area contributed by atoms with Gasteiger partial charge in [-0.2, -0.15) is 5.26 Å². The van der Waals surface area contributed by atoms with E-state index in [0.717, 1.165) is 27.4 Å². The van der Waals surface area contributed by atoms with E-state index < -0.39 is 0 Å². The molecule has 0 bridgehead atoms. The van der Waals surface area contributed by atoms with Crippen LogP contribution in [0.25, 0.3) is 33.0 Å². The van der Waals surface area contributed by atoms with Gasteiger partial charge in [-0.05, 0) is 35.7 Å². The van der Waals surface area contributed by atoms with E-state index in [1.807, 2.05) is 76.7 Å². The fourth-order valence-corrected chi connectivity index (χ4v) is 4.80. The van der Waals surface area contributed by atoms with Gasteiger partial charge in [-0.25, -0.2) is 4.98 Å². The number of thioether (sulfide) groups is 1. The molecule has 0 aliphatic heterocycles. The Morgan fingerprint density at radius 3 is 2.62 bits per heavy atom. The van der Waals surface area contributed by atoms with Gasteiger partial charge >= 0.3 is 0 Å². The number of thiophene rings is 1. The minimum atomic E-state index is -0.0724. The summed E-state index contributed by atoms with van der Waals surface area (Å²) in [4.78, 5) is 8.51. The topological polar surface area (TPSA) is 103 Å². The molecule has 0 aliphatic rings. The van der Waals surface area contributed by atoms with E-state index in [1.165, 1.54) is 11.8 Å². The van der Waals surface area contributed by atoms with Crippen molar-refractivity contribution < 1.29 is 5.11 Å². The lowest BCUT2D eigenvalue weighted by atomic mass is 10.2. The van der Waals surface area contributed by atoms with Crippen LogP contribution in [0.1, 0.15) is 5.82 Å². The maximum atomic E-state index is 10.7. The van der Waals surface area contributed by atoms with E-state index in [0.29, 0.717) is 11.0 Å². The number of allylic oxidation sites excluding steroid dienone is 1. The molecule has 32 heavy (non-hydrogen) atoms. The van der Waals surface area contributed by atoms with E-state index in [9.17, 15) is 10.4 Å². The summed E-state index contributed by atoms with van der Waals surface area (Å²) in [6, 6.07) is 23.3. The van der Waals surface area contributed by atoms with E-state index in [4.69, 9.17) is 0 Å². The first-order chi connectivity index (χ1) is 15.7. The molecule has 3 aromatic heterocycles. The van der Waals surface area contributed by atoms with Gasteiger partial charge in [-0.15, -0.1) is 21.5 Å². The number of nitriles is 1. The highest BCUT2D eigenvalue weighted by Gasteiger charge is 2.19. The molecule has 0 radical (unpaired) electrons. The van der Waals surface area contributed by atoms with Crippen LogP contribution in [0.5, 0.6) is 0 Å². The Labute approximate surface area is 191 Å². The zero-order valence-corrected chi connectivity index (χ0v) is 18.3. The lowest BCUT2D eigenvalue weighted by Crippen LogP contribution is -2.00. The number of aliphatic hydroxyl groups excluding tert-OH is 1. The first kappa shape index (κ1) is 20.1. The summed E-state index contributed by atoms with van der Waals surface area (Å²) in [5.41, 5.74) is 2.57. The number of para-hydroxylation sites is 3. The Hall–Kier alpha value is -3.87. The Kier molecular flexibility index (Phi) is 5.46. The van der Waals surface area contributed by atoms with Crippen LogP contribution >= 0.6 is 23.1 Å². The number of rotatable bonds is 6. The van der Waals surface area contributed by atoms with Crippen LogP contribution < -0.4 is 0 Å². The molecule has 0 amide bonds. The predicted octanol–water partition coefficient (Wildman–Crippen LogP) is 5.46. The van der Waals surface area contributed by atoms with Crippen LogP contribution in [0.3, 0.4) is 0 Å². The molecule has 5 rings (SSSR count). The zero-order valence-electron chi connectivity index (χ0n) is 16.6. The number of fused-ring (bicyclic) bond motifs is 1. The van der Waals surface area contributed by atoms with Crippen molar-refractivity contribution in [2.75, 3.05) is 5.75 Å². The summed E-state index contributed by atoms with van der Waals surface area (Å²) >= 11 is 2.89. The van der Waals surface area contributed by atoms with Crippen molar-refractivity contribution in [3.8, 4) is 22.5 Å². The molecule has 9 heteroatoms. The number of imidazole rings is 1. The highest BCUT2D eigenvalue weighted by molar-refractivity contribution is 7.99. The molecule has 3 heterocycles. The third-order valence-electron chi connectivity index (χ3n) is 4.75. The lowest BCUT2D eigenvalue weighted by molar-refractivity contribution is 0.420. The van der Waals surface area contributed by atoms with Crippen molar-refractivity contribution in [1.82, 2.24) is 24.7 Å². The van der Waals surface area contributed by atoms with E-state index in [2.05, 4.69) is 26.2 Å². The minimum absolute atomic E-state index is 0.0724. The number of nitrogens with zero attached hydrogens (tertiary/aromatic N) is 5. The normalized spacial score (nSPS) is 12.0. The molecule has 0 spiro atoms. The highest BCUT2D eigenvalue weighted by atomic mass is 32.2. The van der Waals surface area contributed by atoms with Gasteiger partial charge in [0.15, 0.2) is 16.8 Å². The van der Waals surface area contributed by atoms with Crippen LogP contribution in [0, 0.1) is 11.3 Å². The molecule has 2 N–H and O–H groups in total. The van der Waals surface area contributed by atoms with Crippen LogP contribution in [-0.4, -0.2) is 35.6 Å². The lowest BCUT2D eigenvalue weighted by Gasteiger charge is -2.09. The van der Waals surface area contributed by atoms with Crippen molar-refractivity contribution in [3.05, 3.63) is 83.7 Å². The number of hydrogen-bond acceptors (Lipinski definition) is 7. The first-order valence-electron chi connectivity index (χ1n) is 9.69. The van der Waals surface area contributed by atoms with E-state index in [1.54, 1.807) is 11.3 Å². The maximum Gasteiger partial charge on any atom is 0.196 e. The second-order valence-corrected chi connectivity index (χ2v) is 8.67. The number of aliphatic hydroxyl groups is 1. The van der Waals surface area contributed by atoms with Crippen molar-refractivity contribution in [3.63, 3.8) is 0 Å². The van der Waals surface area contributed by atoms with Crippen molar-refractivity contribution in [1.29, 1.82) is 5.26 Å². The molecule has 156 valence electrons. The number of hydrogen-bond donors (Lipinski definition) is 2. The molecule has 0 saturated heterocycles. The largest absolute Gasteiger partial charge is 0.510 e. The molecule has 7 nitrogen and oxygen atoms in total. The summed E-state index contributed by atoms with van der Waals surface area (Å²) in [5, 5.41) is 31.7. The molecule has 2 aromatic carbocycles. The quantitative estimate of drug-likeness (QED) is 0.200. The monoisotopic (exact) mass is 456 g/mol. The molecule has 0 aliphatic carbocycles. The number of aromatic amines is 1. The van der Waals surface area contributed by atoms with Crippen LogP contribution in [0.15, 0.2) is 83.0 Å². The van der Waals surface area contributed by atoms with Crippen molar-refractivity contribution in [2.24, 2.45) is 0 Å². The van der Waals surface area contributed by atoms with Crippen LogP contribution in [0.2, 0.25) is 0 Å². The van der Waals surface area contributed by atoms with Gasteiger partial charge in [0.25, 0.3) is 0 Å². The standard InChI is InChI=1S/C23H16N6OS2/c24-13-16(21-25-17-9-4-5-10-18(17)26-21)19(30)14-32-23-28-27-22(20-11-6-12-31-20)29(23)15-7-2-1-3-8-15/h1-12,30H,14H2,(H,25,26). The van der Waals surface area contributed by atoms with Gasteiger partial charge in [0, 0.05) is 5.69 Å². The molecule has 0 atom stereocenters. The molecule has 0 unspecified atom stereocenters. The zero-order chi connectivity index (χ0) is 21.9. The molecule has 0 saturated carbocycles. The van der Waals surface area contributed by atoms with Crippen molar-refractivity contribution in [2.45, 2.75) is 5.16 Å². The second-order valence-electron chi connectivity index (χ2n) is 6.78. The van der Waals surface area contributed by atoms with Gasteiger partial charge in [0.2, 0.25) is 0 Å². The number of benzene rings is 2. The maximum absolute atomic E-state index is 10.7. The third kappa shape index (κ3) is 3.77. The van der Waals surface area contributed by atoms with E-state index >= 15 is 0 Å². The average molecular weight is 457 g/mol. The van der Waals surface area contributed by atoms with Crippen LogP contribution in [0.4, 0.5) is 0 Å². The minimum Gasteiger partial charge on any atom is -0.510 e. The summed E-state index contributed by atoms with van der Waals surface area (Å²) in [6.07, 6.45) is 0. The van der Waals surface area contributed by atoms with Gasteiger partial charge in [-0.1, -0.05) is 48.2 Å². The molecular weight excluding hydrogens is 440 g/mol. The summed E-state index contributed by atoms with van der Waals surface area (Å²) in [6.45, 7) is 0. The summed E-state index contributed by atoms with van der Waals surface area (Å²) in [5.74, 6) is 1.15. The summed E-state index contributed by atoms with van der Waals surface area (Å²) < 4.78 is 1.96. The SMILES string of the molecule is N#CC(=C(O)CSc1nnc(-c2cccs2)n1-c1ccccc1)c1nc2ccccc2[nH]1. The fraction of sp³-hybridized carbons (Fsp3) is 0.0435. The van der Waals surface area contributed by atoms with Crippen LogP contribution in [-0.2, 0) is 0 Å². The smallest absolute Gasteiger partial charge is 0.196 e. The van der Waals surface area contributed by atoms with Gasteiger partial charge in [0.1, 0.15) is 17.4 Å². The third-order valence-corrected chi connectivity index (χ3v) is 6.56. The molecule has 5 aromatic rings. The Balaban J connectivity index is 1.48.